The fourth-order valence-corrected chi connectivity index (χ4v) is 3.80. The first kappa shape index (κ1) is 17.2. The van der Waals surface area contributed by atoms with Crippen molar-refractivity contribution in [2.24, 2.45) is 5.73 Å². The molecule has 1 aromatic heterocycles. The van der Waals surface area contributed by atoms with Crippen LogP contribution in [0.3, 0.4) is 0 Å². The van der Waals surface area contributed by atoms with Gasteiger partial charge in [0.25, 0.3) is 5.91 Å². The highest BCUT2D eigenvalue weighted by Crippen LogP contribution is 2.31. The van der Waals surface area contributed by atoms with E-state index in [4.69, 9.17) is 17.3 Å². The minimum absolute atomic E-state index is 0.0908. The molecule has 0 aliphatic carbocycles. The number of hydrogen-bond acceptors (Lipinski definition) is 5. The van der Waals surface area contributed by atoms with E-state index in [2.05, 4.69) is 10.2 Å². The molecule has 7 heteroatoms. The van der Waals surface area contributed by atoms with Gasteiger partial charge >= 0.3 is 0 Å². The smallest absolute Gasteiger partial charge is 0.274 e. The van der Waals surface area contributed by atoms with E-state index in [1.54, 1.807) is 12.1 Å². The van der Waals surface area contributed by atoms with Gasteiger partial charge < -0.3 is 10.6 Å². The van der Waals surface area contributed by atoms with Crippen molar-refractivity contribution in [3.63, 3.8) is 0 Å². The summed E-state index contributed by atoms with van der Waals surface area (Å²) in [5.74, 6) is -0.0908. The van der Waals surface area contributed by atoms with Gasteiger partial charge in [0.15, 0.2) is 5.69 Å². The normalized spacial score (nSPS) is 17.8. The average Bonchev–Trinajstić information content (AvgIpc) is 2.63. The number of aromatic nitrogens is 2. The van der Waals surface area contributed by atoms with Crippen molar-refractivity contribution in [1.29, 1.82) is 0 Å². The maximum atomic E-state index is 12.6. The molecule has 0 spiro atoms. The van der Waals surface area contributed by atoms with Crippen molar-refractivity contribution in [3.05, 3.63) is 47.1 Å². The quantitative estimate of drug-likeness (QED) is 0.903. The van der Waals surface area contributed by atoms with E-state index in [0.717, 1.165) is 30.7 Å². The molecule has 3 rings (SSSR count). The molecule has 126 valence electrons. The Hall–Kier alpha value is -1.63. The Morgan fingerprint density at radius 3 is 2.79 bits per heavy atom. The van der Waals surface area contributed by atoms with Crippen LogP contribution in [0, 0.1) is 0 Å². The molecule has 1 unspecified atom stereocenters. The summed E-state index contributed by atoms with van der Waals surface area (Å²) >= 11 is 7.57. The van der Waals surface area contributed by atoms with Gasteiger partial charge in [-0.1, -0.05) is 35.5 Å². The predicted octanol–water partition coefficient (Wildman–Crippen LogP) is 3.23. The van der Waals surface area contributed by atoms with Gasteiger partial charge in [0.05, 0.1) is 5.02 Å². The van der Waals surface area contributed by atoms with Crippen LogP contribution in [0.2, 0.25) is 5.02 Å². The lowest BCUT2D eigenvalue weighted by Gasteiger charge is -2.34. The predicted molar refractivity (Wildman–Crippen MR) is 95.3 cm³/mol. The number of carbonyl (C=O) groups excluding carboxylic acids is 1. The highest BCUT2D eigenvalue weighted by molar-refractivity contribution is 7.99. The molecule has 1 amide bonds. The summed E-state index contributed by atoms with van der Waals surface area (Å²) in [5, 5.41) is 9.63. The highest BCUT2D eigenvalue weighted by atomic mass is 35.5. The van der Waals surface area contributed by atoms with Gasteiger partial charge in [-0.15, -0.1) is 10.2 Å². The zero-order chi connectivity index (χ0) is 16.9. The molecule has 1 atom stereocenters. The number of amides is 1. The Balaban J connectivity index is 1.72. The summed E-state index contributed by atoms with van der Waals surface area (Å²) in [6.45, 7) is 1.22. The lowest BCUT2D eigenvalue weighted by atomic mass is 10.0. The van der Waals surface area contributed by atoms with Crippen molar-refractivity contribution < 1.29 is 4.79 Å². The summed E-state index contributed by atoms with van der Waals surface area (Å²) in [6.07, 6.45) is 3.08. The van der Waals surface area contributed by atoms with E-state index in [1.807, 2.05) is 29.2 Å². The number of hydrogen-bond donors (Lipinski definition) is 1. The van der Waals surface area contributed by atoms with Crippen LogP contribution < -0.4 is 5.73 Å². The van der Waals surface area contributed by atoms with Crippen molar-refractivity contribution in [2.45, 2.75) is 35.2 Å². The minimum Gasteiger partial charge on any atom is -0.333 e. The van der Waals surface area contributed by atoms with Crippen LogP contribution in [0.15, 0.2) is 46.3 Å². The number of halogens is 1. The summed E-state index contributed by atoms with van der Waals surface area (Å²) < 4.78 is 0. The number of piperidine rings is 1. The van der Waals surface area contributed by atoms with Crippen molar-refractivity contribution >= 4 is 29.3 Å². The molecule has 2 heterocycles. The molecule has 1 saturated heterocycles. The van der Waals surface area contributed by atoms with Gasteiger partial charge in [0.2, 0.25) is 0 Å². The molecule has 1 aliphatic heterocycles. The molecule has 1 fully saturated rings. The van der Waals surface area contributed by atoms with Gasteiger partial charge in [0, 0.05) is 24.0 Å². The van der Waals surface area contributed by atoms with Crippen LogP contribution in [-0.4, -0.2) is 40.1 Å². The second-order valence-electron chi connectivity index (χ2n) is 5.67. The molecular formula is C17H19ClN4OS. The van der Waals surface area contributed by atoms with Gasteiger partial charge in [-0.05, 0) is 43.5 Å². The molecule has 1 aromatic carbocycles. The fraction of sp³-hybridized carbons (Fsp3) is 0.353. The molecule has 24 heavy (non-hydrogen) atoms. The maximum Gasteiger partial charge on any atom is 0.274 e. The molecule has 0 bridgehead atoms. The topological polar surface area (TPSA) is 72.1 Å². The number of rotatable bonds is 4. The number of nitrogens with zero attached hydrogens (tertiary/aromatic N) is 3. The van der Waals surface area contributed by atoms with Crippen LogP contribution in [0.25, 0.3) is 0 Å². The summed E-state index contributed by atoms with van der Waals surface area (Å²) in [7, 11) is 0. The molecule has 1 aliphatic rings. The summed E-state index contributed by atoms with van der Waals surface area (Å²) in [6, 6.07) is 11.2. The third kappa shape index (κ3) is 3.88. The number of nitrogens with two attached hydrogens (primary N) is 1. The van der Waals surface area contributed by atoms with Gasteiger partial charge in [-0.25, -0.2) is 0 Å². The van der Waals surface area contributed by atoms with Crippen LogP contribution in [-0.2, 0) is 0 Å². The zero-order valence-corrected chi connectivity index (χ0v) is 14.8. The summed E-state index contributed by atoms with van der Waals surface area (Å²) in [4.78, 5) is 15.4. The van der Waals surface area contributed by atoms with Crippen molar-refractivity contribution in [3.8, 4) is 0 Å². The van der Waals surface area contributed by atoms with E-state index in [-0.39, 0.29) is 11.9 Å². The Labute approximate surface area is 150 Å². The first-order chi connectivity index (χ1) is 11.7. The summed E-state index contributed by atoms with van der Waals surface area (Å²) in [5.41, 5.74) is 6.15. The minimum atomic E-state index is -0.0908. The molecule has 0 saturated carbocycles. The maximum absolute atomic E-state index is 12.6. The highest BCUT2D eigenvalue weighted by Gasteiger charge is 2.27. The van der Waals surface area contributed by atoms with Crippen LogP contribution in [0.4, 0.5) is 0 Å². The third-order valence-electron chi connectivity index (χ3n) is 4.07. The number of likely N-dealkylation sites (tertiary alicyclic amines) is 1. The van der Waals surface area contributed by atoms with E-state index in [1.165, 1.54) is 11.8 Å². The molecule has 5 nitrogen and oxygen atoms in total. The average molecular weight is 363 g/mol. The second kappa shape index (κ2) is 7.96. The van der Waals surface area contributed by atoms with Gasteiger partial charge in [-0.2, -0.15) is 0 Å². The largest absolute Gasteiger partial charge is 0.333 e. The van der Waals surface area contributed by atoms with Crippen molar-refractivity contribution in [2.75, 3.05) is 13.1 Å². The van der Waals surface area contributed by atoms with E-state index < -0.39 is 0 Å². The number of carbonyl (C=O) groups is 1. The zero-order valence-electron chi connectivity index (χ0n) is 13.2. The monoisotopic (exact) mass is 362 g/mol. The molecular weight excluding hydrogens is 344 g/mol. The van der Waals surface area contributed by atoms with Crippen LogP contribution in [0.5, 0.6) is 0 Å². The van der Waals surface area contributed by atoms with Crippen LogP contribution >= 0.6 is 23.4 Å². The third-order valence-corrected chi connectivity index (χ3v) is 5.51. The first-order valence-electron chi connectivity index (χ1n) is 7.96. The number of benzene rings is 1. The Bertz CT molecular complexity index is 710. The molecule has 2 aromatic rings. The lowest BCUT2D eigenvalue weighted by molar-refractivity contribution is 0.0615. The SMILES string of the molecule is NCC1CCCCN1C(=O)c1ccc(Sc2ccccc2Cl)nn1. The second-order valence-corrected chi connectivity index (χ2v) is 7.14. The Morgan fingerprint density at radius 2 is 2.08 bits per heavy atom. The lowest BCUT2D eigenvalue weighted by Crippen LogP contribution is -2.47. The van der Waals surface area contributed by atoms with E-state index in [0.29, 0.717) is 22.3 Å². The van der Waals surface area contributed by atoms with Gasteiger partial charge in [0.1, 0.15) is 5.03 Å². The van der Waals surface area contributed by atoms with Crippen LogP contribution in [0.1, 0.15) is 29.8 Å². The standard InChI is InChI=1S/C17H19ClN4OS/c18-13-6-1-2-7-15(13)24-16-9-8-14(20-21-16)17(23)22-10-4-3-5-12(22)11-19/h1-2,6-9,12H,3-5,10-11,19H2. The van der Waals surface area contributed by atoms with Gasteiger partial charge in [-0.3, -0.25) is 4.79 Å². The molecule has 0 radical (unpaired) electrons. The first-order valence-corrected chi connectivity index (χ1v) is 9.15. The van der Waals surface area contributed by atoms with Crippen molar-refractivity contribution in [1.82, 2.24) is 15.1 Å². The molecule has 2 N–H and O–H groups in total. The van der Waals surface area contributed by atoms with E-state index >= 15 is 0 Å². The Kier molecular flexibility index (Phi) is 5.71. The Morgan fingerprint density at radius 1 is 1.25 bits per heavy atom. The fourth-order valence-electron chi connectivity index (χ4n) is 2.79. The van der Waals surface area contributed by atoms with E-state index in [9.17, 15) is 4.79 Å².